The summed E-state index contributed by atoms with van der Waals surface area (Å²) in [6, 6.07) is 14.7. The highest BCUT2D eigenvalue weighted by atomic mass is 32.2. The van der Waals surface area contributed by atoms with E-state index in [2.05, 4.69) is 15.3 Å². The van der Waals surface area contributed by atoms with Gasteiger partial charge in [0, 0.05) is 11.3 Å². The van der Waals surface area contributed by atoms with E-state index in [-0.39, 0.29) is 17.6 Å². The topological polar surface area (TPSA) is 74.1 Å². The Morgan fingerprint density at radius 2 is 1.93 bits per heavy atom. The van der Waals surface area contributed by atoms with Crippen LogP contribution >= 0.6 is 11.8 Å². The van der Waals surface area contributed by atoms with Crippen LogP contribution < -0.4 is 5.32 Å². The summed E-state index contributed by atoms with van der Waals surface area (Å²) in [5.74, 6) is 0.494. The lowest BCUT2D eigenvalue weighted by Crippen LogP contribution is -2.41. The van der Waals surface area contributed by atoms with Gasteiger partial charge in [-0.15, -0.1) is 0 Å². The second kappa shape index (κ2) is 7.00. The Morgan fingerprint density at radius 1 is 1.19 bits per heavy atom. The van der Waals surface area contributed by atoms with Gasteiger partial charge in [0.1, 0.15) is 11.9 Å². The van der Waals surface area contributed by atoms with E-state index >= 15 is 0 Å². The number of nitrogens with one attached hydrogen (secondary N) is 1. The summed E-state index contributed by atoms with van der Waals surface area (Å²) in [5, 5.41) is 3.35. The van der Waals surface area contributed by atoms with Crippen molar-refractivity contribution in [3.63, 3.8) is 0 Å². The predicted octanol–water partition coefficient (Wildman–Crippen LogP) is 3.35. The minimum atomic E-state index is -0.446. The van der Waals surface area contributed by atoms with Crippen molar-refractivity contribution in [2.45, 2.75) is 19.9 Å². The maximum Gasteiger partial charge on any atom is 0.258 e. The van der Waals surface area contributed by atoms with Gasteiger partial charge in [-0.2, -0.15) is 0 Å². The molecule has 2 amide bonds. The Kier molecular flexibility index (Phi) is 4.53. The third-order valence-corrected chi connectivity index (χ3v) is 5.26. The van der Waals surface area contributed by atoms with Gasteiger partial charge in [0.25, 0.3) is 5.91 Å². The molecule has 7 heteroatoms. The molecule has 0 aliphatic carbocycles. The van der Waals surface area contributed by atoms with Gasteiger partial charge in [-0.25, -0.2) is 9.89 Å². The number of hydrogen-bond donors (Lipinski definition) is 1. The van der Waals surface area contributed by atoms with Gasteiger partial charge in [0.2, 0.25) is 5.91 Å². The highest BCUT2D eigenvalue weighted by Crippen LogP contribution is 2.33. The molecule has 1 atom stereocenters. The predicted molar refractivity (Wildman–Crippen MR) is 109 cm³/mol. The minimum absolute atomic E-state index is 0.121. The quantitative estimate of drug-likeness (QED) is 0.890. The smallest absolute Gasteiger partial charge is 0.258 e. The molecule has 2 aliphatic rings. The first-order valence-electron chi connectivity index (χ1n) is 8.62. The molecule has 0 bridgehead atoms. The van der Waals surface area contributed by atoms with Gasteiger partial charge in [-0.1, -0.05) is 41.6 Å². The van der Waals surface area contributed by atoms with Crippen LogP contribution in [0.15, 0.2) is 58.5 Å². The number of thioether (sulfide) groups is 1. The molecule has 6 nitrogen and oxygen atoms in total. The Labute approximate surface area is 161 Å². The number of aryl methyl sites for hydroxylation is 1. The van der Waals surface area contributed by atoms with Crippen molar-refractivity contribution in [1.29, 1.82) is 0 Å². The molecular formula is C20H18N4O2S. The van der Waals surface area contributed by atoms with E-state index in [1.54, 1.807) is 6.92 Å². The molecular weight excluding hydrogens is 360 g/mol. The molecule has 0 unspecified atom stereocenters. The number of anilines is 1. The minimum Gasteiger partial charge on any atom is -0.325 e. The van der Waals surface area contributed by atoms with Gasteiger partial charge >= 0.3 is 0 Å². The number of carbonyl (C=O) groups is 2. The fourth-order valence-electron chi connectivity index (χ4n) is 2.94. The van der Waals surface area contributed by atoms with Crippen LogP contribution in [0.3, 0.4) is 0 Å². The summed E-state index contributed by atoms with van der Waals surface area (Å²) in [6.07, 6.45) is 0. The second-order valence-corrected chi connectivity index (χ2v) is 7.36. The normalized spacial score (nSPS) is 17.8. The van der Waals surface area contributed by atoms with Crippen LogP contribution in [0.2, 0.25) is 0 Å². The zero-order chi connectivity index (χ0) is 19.0. The van der Waals surface area contributed by atoms with E-state index in [1.807, 2.05) is 55.5 Å². The standard InChI is InChI=1S/C20H18N4O2S/c1-12-7-9-14(10-8-12)22-17(25)11-27-20-23-16-6-4-3-5-15(16)18-21-13(2)19(26)24(18)20/h3-10,13H,11H2,1-2H3,(H,22,25)/t13-/m1/s1. The number of benzene rings is 2. The lowest BCUT2D eigenvalue weighted by atomic mass is 10.1. The number of hydrogen-bond acceptors (Lipinski definition) is 5. The van der Waals surface area contributed by atoms with Gasteiger partial charge in [-0.05, 0) is 38.1 Å². The molecule has 1 N–H and O–H groups in total. The maximum absolute atomic E-state index is 12.5. The van der Waals surface area contributed by atoms with E-state index < -0.39 is 6.04 Å². The van der Waals surface area contributed by atoms with Gasteiger partial charge in [-0.3, -0.25) is 14.6 Å². The highest BCUT2D eigenvalue weighted by molar-refractivity contribution is 8.14. The Bertz CT molecular complexity index is 982. The van der Waals surface area contributed by atoms with Crippen molar-refractivity contribution < 1.29 is 9.59 Å². The van der Waals surface area contributed by atoms with E-state index in [1.165, 1.54) is 16.7 Å². The molecule has 0 spiro atoms. The summed E-state index contributed by atoms with van der Waals surface area (Å²) in [6.45, 7) is 3.76. The maximum atomic E-state index is 12.5. The number of nitrogens with zero attached hydrogens (tertiary/aromatic N) is 3. The van der Waals surface area contributed by atoms with Crippen molar-refractivity contribution in [3.05, 3.63) is 59.7 Å². The van der Waals surface area contributed by atoms with Crippen molar-refractivity contribution in [1.82, 2.24) is 4.90 Å². The first-order chi connectivity index (χ1) is 13.0. The number of carbonyl (C=O) groups excluding carboxylic acids is 2. The summed E-state index contributed by atoms with van der Waals surface area (Å²) in [5.41, 5.74) is 3.47. The summed E-state index contributed by atoms with van der Waals surface area (Å²) < 4.78 is 0. The largest absolute Gasteiger partial charge is 0.325 e. The Hall–Kier alpha value is -2.93. The summed E-state index contributed by atoms with van der Waals surface area (Å²) in [7, 11) is 0. The molecule has 2 heterocycles. The molecule has 2 aliphatic heterocycles. The number of amidine groups is 2. The first-order valence-corrected chi connectivity index (χ1v) is 9.60. The third-order valence-electron chi connectivity index (χ3n) is 4.33. The van der Waals surface area contributed by atoms with Gasteiger partial charge < -0.3 is 5.32 Å². The number of aliphatic imine (C=N–C) groups is 2. The van der Waals surface area contributed by atoms with E-state index in [4.69, 9.17) is 0 Å². The molecule has 4 rings (SSSR count). The average molecular weight is 378 g/mol. The van der Waals surface area contributed by atoms with Crippen LogP contribution in [0.1, 0.15) is 18.1 Å². The molecule has 136 valence electrons. The molecule has 2 aromatic rings. The molecule has 0 aromatic heterocycles. The van der Waals surface area contributed by atoms with Crippen molar-refractivity contribution in [3.8, 4) is 0 Å². The fourth-order valence-corrected chi connectivity index (χ4v) is 3.74. The number of fused-ring (bicyclic) bond motifs is 3. The van der Waals surface area contributed by atoms with Crippen molar-refractivity contribution in [2.75, 3.05) is 11.1 Å². The van der Waals surface area contributed by atoms with E-state index in [9.17, 15) is 9.59 Å². The number of para-hydroxylation sites is 1. The molecule has 0 saturated carbocycles. The SMILES string of the molecule is Cc1ccc(NC(=O)CSC2=Nc3ccccc3C3=N[C@H](C)C(=O)N23)cc1. The summed E-state index contributed by atoms with van der Waals surface area (Å²) in [4.78, 5) is 35.4. The van der Waals surface area contributed by atoms with Crippen LogP contribution in [0.5, 0.6) is 0 Å². The van der Waals surface area contributed by atoms with Crippen molar-refractivity contribution in [2.24, 2.45) is 9.98 Å². The van der Waals surface area contributed by atoms with Crippen LogP contribution in [-0.2, 0) is 9.59 Å². The highest BCUT2D eigenvalue weighted by Gasteiger charge is 2.39. The van der Waals surface area contributed by atoms with E-state index in [0.717, 1.165) is 22.5 Å². The monoisotopic (exact) mass is 378 g/mol. The van der Waals surface area contributed by atoms with E-state index in [0.29, 0.717) is 11.0 Å². The van der Waals surface area contributed by atoms with Crippen LogP contribution in [0.4, 0.5) is 11.4 Å². The molecule has 0 radical (unpaired) electrons. The van der Waals surface area contributed by atoms with Crippen molar-refractivity contribution >= 4 is 46.0 Å². The molecule has 2 aromatic carbocycles. The number of rotatable bonds is 3. The number of amides is 2. The van der Waals surface area contributed by atoms with Crippen LogP contribution in [-0.4, -0.2) is 39.5 Å². The zero-order valence-electron chi connectivity index (χ0n) is 15.0. The first kappa shape index (κ1) is 17.5. The molecule has 27 heavy (non-hydrogen) atoms. The second-order valence-electron chi connectivity index (χ2n) is 6.42. The molecule has 0 fully saturated rings. The average Bonchev–Trinajstić information content (AvgIpc) is 2.97. The fraction of sp³-hybridized carbons (Fsp3) is 0.200. The zero-order valence-corrected chi connectivity index (χ0v) is 15.8. The van der Waals surface area contributed by atoms with Crippen LogP contribution in [0.25, 0.3) is 0 Å². The lowest BCUT2D eigenvalue weighted by Gasteiger charge is -2.25. The van der Waals surface area contributed by atoms with Gasteiger partial charge in [0.05, 0.1) is 11.4 Å². The third kappa shape index (κ3) is 3.38. The molecule has 0 saturated heterocycles. The Balaban J connectivity index is 1.52. The Morgan fingerprint density at radius 3 is 2.70 bits per heavy atom. The lowest BCUT2D eigenvalue weighted by molar-refractivity contribution is -0.124. The van der Waals surface area contributed by atoms with Crippen LogP contribution in [0, 0.1) is 6.92 Å². The van der Waals surface area contributed by atoms with Gasteiger partial charge in [0.15, 0.2) is 5.17 Å². The summed E-state index contributed by atoms with van der Waals surface area (Å²) >= 11 is 1.24.